The molecule has 5 heteroatoms. The first kappa shape index (κ1) is 15.8. The highest BCUT2D eigenvalue weighted by Gasteiger charge is 2.43. The number of carboxylic acids is 1. The van der Waals surface area contributed by atoms with Crippen LogP contribution in [0.1, 0.15) is 64.2 Å². The molecule has 0 atom stereocenters. The van der Waals surface area contributed by atoms with Crippen molar-refractivity contribution in [2.24, 2.45) is 5.41 Å². The molecular formula is C16H24N2O3. The van der Waals surface area contributed by atoms with Crippen LogP contribution in [0.5, 0.6) is 0 Å². The summed E-state index contributed by atoms with van der Waals surface area (Å²) >= 11 is 0. The van der Waals surface area contributed by atoms with E-state index in [9.17, 15) is 14.7 Å². The lowest BCUT2D eigenvalue weighted by molar-refractivity contribution is -0.155. The van der Waals surface area contributed by atoms with Crippen LogP contribution in [0.4, 0.5) is 0 Å². The molecule has 0 spiro atoms. The van der Waals surface area contributed by atoms with Crippen LogP contribution in [0, 0.1) is 16.7 Å². The minimum absolute atomic E-state index is 0.0722. The van der Waals surface area contributed by atoms with Crippen molar-refractivity contribution in [2.45, 2.75) is 70.3 Å². The average Bonchev–Trinajstić information content (AvgIpc) is 3.26. The van der Waals surface area contributed by atoms with Crippen molar-refractivity contribution < 1.29 is 14.7 Å². The topological polar surface area (TPSA) is 81.4 Å². The Morgan fingerprint density at radius 3 is 2.29 bits per heavy atom. The molecule has 0 saturated heterocycles. The molecular weight excluding hydrogens is 268 g/mol. The molecule has 0 unspecified atom stereocenters. The molecule has 0 aromatic carbocycles. The van der Waals surface area contributed by atoms with E-state index >= 15 is 0 Å². The Morgan fingerprint density at radius 1 is 1.19 bits per heavy atom. The van der Waals surface area contributed by atoms with Gasteiger partial charge in [-0.1, -0.05) is 25.7 Å². The van der Waals surface area contributed by atoms with Crippen LogP contribution in [0.25, 0.3) is 0 Å². The number of nitrogens with zero attached hydrogens (tertiary/aromatic N) is 2. The maximum absolute atomic E-state index is 12.6. The van der Waals surface area contributed by atoms with Crippen molar-refractivity contribution in [1.29, 1.82) is 5.26 Å². The number of hydrogen-bond acceptors (Lipinski definition) is 3. The van der Waals surface area contributed by atoms with Crippen molar-refractivity contribution in [2.75, 3.05) is 6.54 Å². The fraction of sp³-hybridized carbons (Fsp3) is 0.812. The zero-order chi connectivity index (χ0) is 15.3. The first-order chi connectivity index (χ1) is 10.1. The molecule has 5 nitrogen and oxygen atoms in total. The molecule has 2 aliphatic rings. The van der Waals surface area contributed by atoms with Crippen molar-refractivity contribution in [1.82, 2.24) is 4.90 Å². The first-order valence-corrected chi connectivity index (χ1v) is 7.99. The number of hydrogen-bond donors (Lipinski definition) is 1. The van der Waals surface area contributed by atoms with Crippen LogP contribution < -0.4 is 0 Å². The minimum atomic E-state index is -0.882. The number of aliphatic carboxylic acids is 1. The van der Waals surface area contributed by atoms with E-state index < -0.39 is 11.4 Å². The first-order valence-electron chi connectivity index (χ1n) is 7.99. The second kappa shape index (κ2) is 6.93. The molecule has 2 saturated carbocycles. The quantitative estimate of drug-likeness (QED) is 0.763. The number of carbonyl (C=O) groups is 2. The van der Waals surface area contributed by atoms with E-state index in [2.05, 4.69) is 6.07 Å². The zero-order valence-electron chi connectivity index (χ0n) is 12.5. The Balaban J connectivity index is 2.05. The van der Waals surface area contributed by atoms with E-state index in [4.69, 9.17) is 5.26 Å². The van der Waals surface area contributed by atoms with Crippen molar-refractivity contribution in [3.63, 3.8) is 0 Å². The lowest BCUT2D eigenvalue weighted by atomic mass is 9.77. The van der Waals surface area contributed by atoms with Crippen LogP contribution in [-0.4, -0.2) is 34.5 Å². The highest BCUT2D eigenvalue weighted by molar-refractivity contribution is 5.85. The van der Waals surface area contributed by atoms with E-state index in [1.807, 2.05) is 0 Å². The zero-order valence-corrected chi connectivity index (χ0v) is 12.5. The SMILES string of the molecule is N#CCCN(C(=O)CC1(C(=O)O)CCCCCC1)C1CC1. The van der Waals surface area contributed by atoms with Crippen LogP contribution in [-0.2, 0) is 9.59 Å². The largest absolute Gasteiger partial charge is 0.481 e. The highest BCUT2D eigenvalue weighted by Crippen LogP contribution is 2.40. The van der Waals surface area contributed by atoms with Gasteiger partial charge in [-0.2, -0.15) is 5.26 Å². The number of carboxylic acid groups (broad SMARTS) is 1. The Morgan fingerprint density at radius 2 is 1.81 bits per heavy atom. The third-order valence-corrected chi connectivity index (χ3v) is 4.78. The highest BCUT2D eigenvalue weighted by atomic mass is 16.4. The van der Waals surface area contributed by atoms with Crippen LogP contribution >= 0.6 is 0 Å². The maximum atomic E-state index is 12.6. The third kappa shape index (κ3) is 3.96. The molecule has 116 valence electrons. The van der Waals surface area contributed by atoms with Crippen molar-refractivity contribution in [3.05, 3.63) is 0 Å². The van der Waals surface area contributed by atoms with Crippen molar-refractivity contribution in [3.8, 4) is 6.07 Å². The molecule has 2 aliphatic carbocycles. The summed E-state index contributed by atoms with van der Waals surface area (Å²) in [6.07, 6.45) is 7.49. The second-order valence-corrected chi connectivity index (χ2v) is 6.40. The van der Waals surface area contributed by atoms with Crippen LogP contribution in [0.15, 0.2) is 0 Å². The van der Waals surface area contributed by atoms with E-state index in [0.29, 0.717) is 25.8 Å². The van der Waals surface area contributed by atoms with Crippen LogP contribution in [0.2, 0.25) is 0 Å². The Hall–Kier alpha value is -1.57. The van der Waals surface area contributed by atoms with Gasteiger partial charge in [0.1, 0.15) is 0 Å². The average molecular weight is 292 g/mol. The van der Waals surface area contributed by atoms with Gasteiger partial charge in [-0.3, -0.25) is 9.59 Å². The van der Waals surface area contributed by atoms with E-state index in [-0.39, 0.29) is 18.4 Å². The van der Waals surface area contributed by atoms with Gasteiger partial charge in [0.05, 0.1) is 17.9 Å². The summed E-state index contributed by atoms with van der Waals surface area (Å²) in [5.74, 6) is -0.897. The summed E-state index contributed by atoms with van der Waals surface area (Å²) in [6, 6.07) is 2.31. The molecule has 0 aromatic rings. The van der Waals surface area contributed by atoms with Gasteiger partial charge in [0.2, 0.25) is 5.91 Å². The summed E-state index contributed by atoms with van der Waals surface area (Å²) in [4.78, 5) is 26.1. The minimum Gasteiger partial charge on any atom is -0.481 e. The predicted molar refractivity (Wildman–Crippen MR) is 77.4 cm³/mol. The van der Waals surface area contributed by atoms with Gasteiger partial charge < -0.3 is 10.0 Å². The van der Waals surface area contributed by atoms with Gasteiger partial charge in [-0.25, -0.2) is 0 Å². The Kier molecular flexibility index (Phi) is 5.22. The Bertz CT molecular complexity index is 429. The molecule has 2 rings (SSSR count). The van der Waals surface area contributed by atoms with Gasteiger partial charge in [0.15, 0.2) is 0 Å². The molecule has 0 bridgehead atoms. The fourth-order valence-electron chi connectivity index (χ4n) is 3.33. The maximum Gasteiger partial charge on any atom is 0.310 e. The lowest BCUT2D eigenvalue weighted by Crippen LogP contribution is -2.41. The van der Waals surface area contributed by atoms with Crippen molar-refractivity contribution >= 4 is 11.9 Å². The molecule has 0 aromatic heterocycles. The number of rotatable bonds is 6. The molecule has 1 N–H and O–H groups in total. The summed E-state index contributed by atoms with van der Waals surface area (Å²) in [5.41, 5.74) is -0.882. The molecule has 0 aliphatic heterocycles. The third-order valence-electron chi connectivity index (χ3n) is 4.78. The van der Waals surface area contributed by atoms with E-state index in [1.54, 1.807) is 4.90 Å². The fourth-order valence-corrected chi connectivity index (χ4v) is 3.33. The van der Waals surface area contributed by atoms with Gasteiger partial charge in [-0.05, 0) is 25.7 Å². The smallest absolute Gasteiger partial charge is 0.310 e. The van der Waals surface area contributed by atoms with Gasteiger partial charge in [-0.15, -0.1) is 0 Å². The summed E-state index contributed by atoms with van der Waals surface area (Å²) in [5, 5.41) is 18.4. The summed E-state index contributed by atoms with van der Waals surface area (Å²) < 4.78 is 0. The predicted octanol–water partition coefficient (Wildman–Crippen LogP) is 2.71. The number of nitriles is 1. The second-order valence-electron chi connectivity index (χ2n) is 6.40. The normalized spacial score (nSPS) is 21.1. The monoisotopic (exact) mass is 292 g/mol. The summed E-state index contributed by atoms with van der Waals surface area (Å²) in [6.45, 7) is 0.440. The molecule has 2 fully saturated rings. The van der Waals surface area contributed by atoms with Gasteiger partial charge >= 0.3 is 5.97 Å². The molecule has 1 amide bonds. The molecule has 21 heavy (non-hydrogen) atoms. The van der Waals surface area contributed by atoms with Gasteiger partial charge in [0, 0.05) is 19.0 Å². The number of carbonyl (C=O) groups excluding carboxylic acids is 1. The summed E-state index contributed by atoms with van der Waals surface area (Å²) in [7, 11) is 0. The number of amides is 1. The Labute approximate surface area is 125 Å². The van der Waals surface area contributed by atoms with E-state index in [1.165, 1.54) is 0 Å². The standard InChI is InChI=1S/C16H24N2O3/c17-10-5-11-18(13-6-7-13)14(19)12-16(15(20)21)8-3-1-2-4-9-16/h13H,1-9,11-12H2,(H,20,21). The van der Waals surface area contributed by atoms with Gasteiger partial charge in [0.25, 0.3) is 0 Å². The molecule has 0 radical (unpaired) electrons. The lowest BCUT2D eigenvalue weighted by Gasteiger charge is -2.31. The molecule has 0 heterocycles. The van der Waals surface area contributed by atoms with Crippen LogP contribution in [0.3, 0.4) is 0 Å². The van der Waals surface area contributed by atoms with E-state index in [0.717, 1.165) is 38.5 Å².